The molecule has 1 heterocycles. The lowest BCUT2D eigenvalue weighted by atomic mass is 10.1. The Morgan fingerprint density at radius 3 is 2.61 bits per heavy atom. The molecule has 1 aromatic heterocycles. The second-order valence-electron chi connectivity index (χ2n) is 4.20. The second kappa shape index (κ2) is 5.35. The van der Waals surface area contributed by atoms with Crippen LogP contribution in [0.1, 0.15) is 23.9 Å². The Balaban J connectivity index is 2.19. The van der Waals surface area contributed by atoms with E-state index in [1.807, 2.05) is 43.5 Å². The van der Waals surface area contributed by atoms with E-state index in [9.17, 15) is 0 Å². The van der Waals surface area contributed by atoms with Crippen LogP contribution in [-0.4, -0.2) is 14.8 Å². The number of hydrogen-bond acceptors (Lipinski definition) is 3. The highest BCUT2D eigenvalue weighted by Crippen LogP contribution is 2.23. The Bertz CT molecular complexity index is 580. The number of aromatic nitrogens is 3. The summed E-state index contributed by atoms with van der Waals surface area (Å²) in [5, 5.41) is 6.97. The quantitative estimate of drug-likeness (QED) is 0.862. The van der Waals surface area contributed by atoms with Gasteiger partial charge in [0.1, 0.15) is 12.4 Å². The number of aryl methyl sites for hydroxylation is 2. The fraction of sp³-hybridized carbons (Fsp3) is 0.385. The lowest BCUT2D eigenvalue weighted by Crippen LogP contribution is -2.07. The number of nitrogens with one attached hydrogen (secondary N) is 1. The molecule has 5 heteroatoms. The van der Waals surface area contributed by atoms with Gasteiger partial charge in [0.2, 0.25) is 0 Å². The fourth-order valence-electron chi connectivity index (χ4n) is 1.95. The van der Waals surface area contributed by atoms with Crippen LogP contribution in [0.5, 0.6) is 5.75 Å². The Hall–Kier alpha value is -1.62. The first-order valence-electron chi connectivity index (χ1n) is 5.96. The molecule has 0 radical (unpaired) electrons. The average Bonchev–Trinajstić information content (AvgIpc) is 2.69. The summed E-state index contributed by atoms with van der Waals surface area (Å²) >= 11 is 5.14. The van der Waals surface area contributed by atoms with E-state index in [2.05, 4.69) is 10.2 Å². The smallest absolute Gasteiger partial charge is 0.195 e. The molecule has 4 nitrogen and oxygen atoms in total. The molecule has 0 spiro atoms. The Kier molecular flexibility index (Phi) is 3.81. The van der Waals surface area contributed by atoms with Crippen molar-refractivity contribution < 1.29 is 4.74 Å². The molecule has 96 valence electrons. The van der Waals surface area contributed by atoms with Gasteiger partial charge in [0.15, 0.2) is 10.6 Å². The zero-order chi connectivity index (χ0) is 13.1. The number of aromatic amines is 1. The van der Waals surface area contributed by atoms with Crippen LogP contribution in [0.2, 0.25) is 0 Å². The minimum absolute atomic E-state index is 0.423. The molecule has 2 aromatic rings. The molecule has 0 amide bonds. The second-order valence-corrected chi connectivity index (χ2v) is 4.59. The van der Waals surface area contributed by atoms with Crippen LogP contribution in [0.15, 0.2) is 18.2 Å². The molecule has 1 aromatic carbocycles. The lowest BCUT2D eigenvalue weighted by Gasteiger charge is -2.11. The van der Waals surface area contributed by atoms with Crippen molar-refractivity contribution >= 4 is 12.2 Å². The van der Waals surface area contributed by atoms with E-state index in [1.54, 1.807) is 0 Å². The van der Waals surface area contributed by atoms with Gasteiger partial charge in [-0.15, -0.1) is 0 Å². The number of H-pyrrole nitrogens is 1. The first-order chi connectivity index (χ1) is 8.63. The van der Waals surface area contributed by atoms with Crippen molar-refractivity contribution in [2.24, 2.45) is 0 Å². The standard InChI is InChI=1S/C13H17N3OS/c1-4-16-11(14-15-13(16)18)8-17-12-9(2)6-5-7-10(12)3/h5-7H,4,8H2,1-3H3,(H,15,18). The molecule has 0 saturated carbocycles. The maximum Gasteiger partial charge on any atom is 0.195 e. The third-order valence-electron chi connectivity index (χ3n) is 2.91. The minimum atomic E-state index is 0.423. The molecule has 1 N–H and O–H groups in total. The summed E-state index contributed by atoms with van der Waals surface area (Å²) in [7, 11) is 0. The molecule has 18 heavy (non-hydrogen) atoms. The molecule has 0 saturated heterocycles. The third kappa shape index (κ3) is 2.46. The molecule has 0 aliphatic heterocycles. The van der Waals surface area contributed by atoms with E-state index >= 15 is 0 Å². The van der Waals surface area contributed by atoms with Gasteiger partial charge >= 0.3 is 0 Å². The van der Waals surface area contributed by atoms with Crippen molar-refractivity contribution in [3.8, 4) is 5.75 Å². The Labute approximate surface area is 112 Å². The number of rotatable bonds is 4. The minimum Gasteiger partial charge on any atom is -0.485 e. The predicted octanol–water partition coefficient (Wildman–Crippen LogP) is 3.16. The molecule has 0 unspecified atom stereocenters. The first-order valence-corrected chi connectivity index (χ1v) is 6.37. The highest BCUT2D eigenvalue weighted by atomic mass is 32.1. The zero-order valence-electron chi connectivity index (χ0n) is 10.9. The Morgan fingerprint density at radius 2 is 2.00 bits per heavy atom. The van der Waals surface area contributed by atoms with Gasteiger partial charge in [-0.1, -0.05) is 18.2 Å². The number of ether oxygens (including phenoxy) is 1. The monoisotopic (exact) mass is 263 g/mol. The fourth-order valence-corrected chi connectivity index (χ4v) is 2.23. The van der Waals surface area contributed by atoms with Crippen LogP contribution in [0.3, 0.4) is 0 Å². The van der Waals surface area contributed by atoms with Crippen LogP contribution in [0, 0.1) is 18.6 Å². The van der Waals surface area contributed by atoms with Crippen LogP contribution >= 0.6 is 12.2 Å². The SMILES string of the molecule is CCn1c(COc2c(C)cccc2C)n[nH]c1=S. The molecule has 2 rings (SSSR count). The van der Waals surface area contributed by atoms with Crippen molar-refractivity contribution in [3.05, 3.63) is 39.9 Å². The van der Waals surface area contributed by atoms with Crippen LogP contribution in [0.25, 0.3) is 0 Å². The maximum absolute atomic E-state index is 5.86. The van der Waals surface area contributed by atoms with E-state index in [1.165, 1.54) is 0 Å². The molecule has 0 bridgehead atoms. The van der Waals surface area contributed by atoms with Crippen molar-refractivity contribution in [2.45, 2.75) is 33.9 Å². The van der Waals surface area contributed by atoms with Gasteiger partial charge in [-0.2, -0.15) is 5.10 Å². The van der Waals surface area contributed by atoms with Crippen LogP contribution in [-0.2, 0) is 13.2 Å². The average molecular weight is 263 g/mol. The van der Waals surface area contributed by atoms with Crippen LogP contribution in [0.4, 0.5) is 0 Å². The van der Waals surface area contributed by atoms with Crippen molar-refractivity contribution in [3.63, 3.8) is 0 Å². The third-order valence-corrected chi connectivity index (χ3v) is 3.22. The summed E-state index contributed by atoms with van der Waals surface area (Å²) in [6.45, 7) is 7.33. The number of benzene rings is 1. The summed E-state index contributed by atoms with van der Waals surface area (Å²) in [4.78, 5) is 0. The normalized spacial score (nSPS) is 10.6. The molecule has 0 fully saturated rings. The topological polar surface area (TPSA) is 42.8 Å². The number of para-hydroxylation sites is 1. The van der Waals surface area contributed by atoms with Gasteiger partial charge in [-0.25, -0.2) is 0 Å². The zero-order valence-corrected chi connectivity index (χ0v) is 11.7. The predicted molar refractivity (Wildman–Crippen MR) is 73.3 cm³/mol. The summed E-state index contributed by atoms with van der Waals surface area (Å²) < 4.78 is 8.43. The van der Waals surface area contributed by atoms with Crippen molar-refractivity contribution in [1.82, 2.24) is 14.8 Å². The summed E-state index contributed by atoms with van der Waals surface area (Å²) in [6, 6.07) is 6.11. The van der Waals surface area contributed by atoms with Gasteiger partial charge in [0.05, 0.1) is 0 Å². The van der Waals surface area contributed by atoms with Gasteiger partial charge in [-0.05, 0) is 44.1 Å². The highest BCUT2D eigenvalue weighted by molar-refractivity contribution is 7.71. The van der Waals surface area contributed by atoms with Crippen LogP contribution < -0.4 is 4.74 Å². The van der Waals surface area contributed by atoms with E-state index in [0.29, 0.717) is 11.4 Å². The molecule has 0 aliphatic rings. The van der Waals surface area contributed by atoms with Crippen molar-refractivity contribution in [1.29, 1.82) is 0 Å². The maximum atomic E-state index is 5.86. The molecule has 0 aliphatic carbocycles. The molecular weight excluding hydrogens is 246 g/mol. The molecular formula is C13H17N3OS. The number of hydrogen-bond donors (Lipinski definition) is 1. The highest BCUT2D eigenvalue weighted by Gasteiger charge is 2.08. The van der Waals surface area contributed by atoms with Crippen molar-refractivity contribution in [2.75, 3.05) is 0 Å². The van der Waals surface area contributed by atoms with E-state index < -0.39 is 0 Å². The van der Waals surface area contributed by atoms with E-state index in [-0.39, 0.29) is 0 Å². The molecule has 0 atom stereocenters. The Morgan fingerprint density at radius 1 is 1.33 bits per heavy atom. The van der Waals surface area contributed by atoms with E-state index in [4.69, 9.17) is 17.0 Å². The van der Waals surface area contributed by atoms with Gasteiger partial charge in [0, 0.05) is 6.54 Å². The summed E-state index contributed by atoms with van der Waals surface area (Å²) in [5.41, 5.74) is 2.26. The lowest BCUT2D eigenvalue weighted by molar-refractivity contribution is 0.285. The van der Waals surface area contributed by atoms with Gasteiger partial charge < -0.3 is 9.30 Å². The first kappa shape index (κ1) is 12.8. The van der Waals surface area contributed by atoms with E-state index in [0.717, 1.165) is 29.2 Å². The summed E-state index contributed by atoms with van der Waals surface area (Å²) in [5.74, 6) is 1.75. The largest absolute Gasteiger partial charge is 0.485 e. The number of nitrogens with zero attached hydrogens (tertiary/aromatic N) is 2. The van der Waals surface area contributed by atoms with Gasteiger partial charge in [-0.3, -0.25) is 5.10 Å². The van der Waals surface area contributed by atoms with Gasteiger partial charge in [0.25, 0.3) is 0 Å². The summed E-state index contributed by atoms with van der Waals surface area (Å²) in [6.07, 6.45) is 0.